The number of nitrogens with two attached hydrogens (primary N) is 2. The molecule has 5 N–H and O–H groups in total. The highest BCUT2D eigenvalue weighted by atomic mass is 19.4. The SMILES string of the molecule is CN(C1CC1)C(c1ccc(C(N)=O)cc1)c1ccc(F)c(NC(=O)c2cc(C(F)(F)F)nn2-c2cccc(CN)c2)c1. The zero-order valence-electron chi connectivity index (χ0n) is 22.5. The predicted molar refractivity (Wildman–Crippen MR) is 148 cm³/mol. The predicted octanol–water partition coefficient (Wildman–Crippen LogP) is 5.02. The van der Waals surface area contributed by atoms with Gasteiger partial charge in [-0.05, 0) is 73.0 Å². The number of anilines is 1. The molecule has 8 nitrogen and oxygen atoms in total. The summed E-state index contributed by atoms with van der Waals surface area (Å²) in [5.41, 5.74) is 11.7. The molecule has 5 rings (SSSR count). The lowest BCUT2D eigenvalue weighted by molar-refractivity contribution is -0.141. The van der Waals surface area contributed by atoms with Crippen LogP contribution in [0, 0.1) is 5.82 Å². The number of rotatable bonds is 9. The van der Waals surface area contributed by atoms with E-state index in [9.17, 15) is 22.8 Å². The number of aromatic nitrogens is 2. The van der Waals surface area contributed by atoms with Gasteiger partial charge in [0, 0.05) is 24.2 Å². The molecule has 218 valence electrons. The number of nitrogens with one attached hydrogen (secondary N) is 1. The van der Waals surface area contributed by atoms with Gasteiger partial charge in [-0.25, -0.2) is 9.07 Å². The number of nitrogens with zero attached hydrogens (tertiary/aromatic N) is 3. The molecule has 0 radical (unpaired) electrons. The number of hydrogen-bond acceptors (Lipinski definition) is 5. The fourth-order valence-electron chi connectivity index (χ4n) is 4.87. The van der Waals surface area contributed by atoms with Crippen LogP contribution in [0.1, 0.15) is 62.1 Å². The second kappa shape index (κ2) is 11.4. The van der Waals surface area contributed by atoms with E-state index in [0.29, 0.717) is 22.8 Å². The summed E-state index contributed by atoms with van der Waals surface area (Å²) in [5.74, 6) is -2.32. The third-order valence-electron chi connectivity index (χ3n) is 7.22. The molecule has 1 saturated carbocycles. The van der Waals surface area contributed by atoms with E-state index in [1.165, 1.54) is 24.3 Å². The van der Waals surface area contributed by atoms with Gasteiger partial charge < -0.3 is 16.8 Å². The van der Waals surface area contributed by atoms with E-state index in [2.05, 4.69) is 15.3 Å². The van der Waals surface area contributed by atoms with Crippen molar-refractivity contribution >= 4 is 17.5 Å². The van der Waals surface area contributed by atoms with Crippen molar-refractivity contribution in [3.63, 3.8) is 0 Å². The molecule has 2 amide bonds. The van der Waals surface area contributed by atoms with Crippen molar-refractivity contribution in [2.45, 2.75) is 37.6 Å². The number of benzene rings is 3. The average Bonchev–Trinajstić information content (AvgIpc) is 3.71. The van der Waals surface area contributed by atoms with Crippen molar-refractivity contribution in [1.29, 1.82) is 0 Å². The molecule has 0 bridgehead atoms. The normalized spacial score (nSPS) is 14.2. The van der Waals surface area contributed by atoms with Crippen LogP contribution in [0.15, 0.2) is 72.8 Å². The Hall–Kier alpha value is -4.55. The quantitative estimate of drug-likeness (QED) is 0.240. The molecule has 1 unspecified atom stereocenters. The first kappa shape index (κ1) is 29.0. The Morgan fingerprint density at radius 3 is 2.36 bits per heavy atom. The summed E-state index contributed by atoms with van der Waals surface area (Å²) in [4.78, 5) is 27.1. The number of amides is 2. The number of primary amides is 1. The summed E-state index contributed by atoms with van der Waals surface area (Å²) < 4.78 is 56.7. The van der Waals surface area contributed by atoms with Crippen molar-refractivity contribution in [2.75, 3.05) is 12.4 Å². The molecular weight excluding hydrogens is 552 g/mol. The number of carbonyl (C=O) groups excluding carboxylic acids is 2. The Labute approximate surface area is 238 Å². The summed E-state index contributed by atoms with van der Waals surface area (Å²) in [6, 6.07) is 17.8. The standard InChI is InChI=1S/C30H28F4N6O2/c1-39(21-10-11-21)27(18-5-7-19(8-6-18)28(36)41)20-9-12-23(31)24(14-20)37-29(42)25-15-26(30(32,33)34)38-40(25)22-4-2-3-17(13-22)16-35/h2-9,12-15,21,27H,10-11,16,35H2,1H3,(H2,36,41)(H,37,42). The van der Waals surface area contributed by atoms with Crippen LogP contribution in [0.5, 0.6) is 0 Å². The molecule has 1 atom stereocenters. The van der Waals surface area contributed by atoms with Crippen molar-refractivity contribution < 1.29 is 27.2 Å². The van der Waals surface area contributed by atoms with Crippen molar-refractivity contribution in [3.05, 3.63) is 112 Å². The minimum Gasteiger partial charge on any atom is -0.366 e. The zero-order chi connectivity index (χ0) is 30.2. The van der Waals surface area contributed by atoms with Crippen LogP contribution in [-0.2, 0) is 12.7 Å². The molecule has 1 aliphatic carbocycles. The van der Waals surface area contributed by atoms with Crippen molar-refractivity contribution in [2.24, 2.45) is 11.5 Å². The molecule has 1 heterocycles. The molecule has 1 fully saturated rings. The van der Waals surface area contributed by atoms with Crippen molar-refractivity contribution in [1.82, 2.24) is 14.7 Å². The second-order valence-electron chi connectivity index (χ2n) is 10.2. The molecule has 42 heavy (non-hydrogen) atoms. The van der Waals surface area contributed by atoms with Gasteiger partial charge in [-0.15, -0.1) is 0 Å². The van der Waals surface area contributed by atoms with E-state index < -0.39 is 35.2 Å². The maximum absolute atomic E-state index is 15.0. The van der Waals surface area contributed by atoms with Gasteiger partial charge in [0.1, 0.15) is 11.5 Å². The minimum atomic E-state index is -4.82. The van der Waals surface area contributed by atoms with E-state index in [1.54, 1.807) is 42.5 Å². The topological polar surface area (TPSA) is 119 Å². The van der Waals surface area contributed by atoms with Gasteiger partial charge in [0.25, 0.3) is 5.91 Å². The van der Waals surface area contributed by atoms with Crippen LogP contribution >= 0.6 is 0 Å². The summed E-state index contributed by atoms with van der Waals surface area (Å²) in [6.45, 7) is 0.127. The average molecular weight is 581 g/mol. The van der Waals surface area contributed by atoms with Gasteiger partial charge >= 0.3 is 6.18 Å². The first-order valence-electron chi connectivity index (χ1n) is 13.2. The lowest BCUT2D eigenvalue weighted by Gasteiger charge is -2.29. The highest BCUT2D eigenvalue weighted by Crippen LogP contribution is 2.38. The Kier molecular flexibility index (Phi) is 7.85. The molecule has 0 saturated heterocycles. The zero-order valence-corrected chi connectivity index (χ0v) is 22.5. The monoisotopic (exact) mass is 580 g/mol. The van der Waals surface area contributed by atoms with Crippen LogP contribution < -0.4 is 16.8 Å². The maximum Gasteiger partial charge on any atom is 0.435 e. The van der Waals surface area contributed by atoms with Crippen LogP contribution in [-0.4, -0.2) is 39.6 Å². The molecule has 0 spiro atoms. The largest absolute Gasteiger partial charge is 0.435 e. The number of hydrogen-bond donors (Lipinski definition) is 3. The third kappa shape index (κ3) is 6.04. The van der Waals surface area contributed by atoms with E-state index >= 15 is 4.39 Å². The van der Waals surface area contributed by atoms with E-state index in [4.69, 9.17) is 11.5 Å². The summed E-state index contributed by atoms with van der Waals surface area (Å²) >= 11 is 0. The minimum absolute atomic E-state index is 0.127. The number of carbonyl (C=O) groups is 2. The summed E-state index contributed by atoms with van der Waals surface area (Å²) in [7, 11) is 1.93. The molecule has 0 aliphatic heterocycles. The van der Waals surface area contributed by atoms with Crippen LogP contribution in [0.3, 0.4) is 0 Å². The summed E-state index contributed by atoms with van der Waals surface area (Å²) in [5, 5.41) is 6.06. The highest BCUT2D eigenvalue weighted by Gasteiger charge is 2.37. The van der Waals surface area contributed by atoms with Crippen LogP contribution in [0.2, 0.25) is 0 Å². The van der Waals surface area contributed by atoms with Crippen molar-refractivity contribution in [3.8, 4) is 5.69 Å². The number of alkyl halides is 3. The molecule has 4 aromatic rings. The Morgan fingerprint density at radius 2 is 1.74 bits per heavy atom. The first-order chi connectivity index (χ1) is 20.0. The maximum atomic E-state index is 15.0. The molecule has 3 aromatic carbocycles. The van der Waals surface area contributed by atoms with Gasteiger partial charge in [0.05, 0.1) is 17.4 Å². The summed E-state index contributed by atoms with van der Waals surface area (Å²) in [6.07, 6.45) is -2.86. The molecular formula is C30H28F4N6O2. The molecule has 1 aromatic heterocycles. The Balaban J connectivity index is 1.51. The lowest BCUT2D eigenvalue weighted by Crippen LogP contribution is -2.28. The Morgan fingerprint density at radius 1 is 1.05 bits per heavy atom. The Bertz CT molecular complexity index is 1630. The van der Waals surface area contributed by atoms with Crippen LogP contribution in [0.4, 0.5) is 23.2 Å². The molecule has 12 heteroatoms. The first-order valence-corrected chi connectivity index (χ1v) is 13.2. The van der Waals surface area contributed by atoms with Gasteiger partial charge in [-0.1, -0.05) is 30.3 Å². The third-order valence-corrected chi connectivity index (χ3v) is 7.22. The number of halogens is 4. The van der Waals surface area contributed by atoms with Gasteiger partial charge in [-0.3, -0.25) is 14.5 Å². The van der Waals surface area contributed by atoms with E-state index in [-0.39, 0.29) is 30.0 Å². The van der Waals surface area contributed by atoms with Gasteiger partial charge in [0.15, 0.2) is 5.69 Å². The van der Waals surface area contributed by atoms with Gasteiger partial charge in [0.2, 0.25) is 5.91 Å². The van der Waals surface area contributed by atoms with E-state index in [1.807, 2.05) is 7.05 Å². The lowest BCUT2D eigenvalue weighted by atomic mass is 9.95. The van der Waals surface area contributed by atoms with Crippen LogP contribution in [0.25, 0.3) is 5.69 Å². The highest BCUT2D eigenvalue weighted by molar-refractivity contribution is 6.03. The fraction of sp³-hybridized carbons (Fsp3) is 0.233. The second-order valence-corrected chi connectivity index (χ2v) is 10.2. The fourth-order valence-corrected chi connectivity index (χ4v) is 4.87. The molecule has 1 aliphatic rings. The van der Waals surface area contributed by atoms with Gasteiger partial charge in [-0.2, -0.15) is 18.3 Å². The van der Waals surface area contributed by atoms with E-state index in [0.717, 1.165) is 23.1 Å². The smallest absolute Gasteiger partial charge is 0.366 e.